The Morgan fingerprint density at radius 3 is 2.67 bits per heavy atom. The molecule has 15 heavy (non-hydrogen) atoms. The van der Waals surface area contributed by atoms with Crippen molar-refractivity contribution in [2.24, 2.45) is 5.73 Å². The Bertz CT molecular complexity index is 313. The Kier molecular flexibility index (Phi) is 4.39. The maximum absolute atomic E-state index is 8.65. The largest absolute Gasteiger partial charge is 0.493 e. The van der Waals surface area contributed by atoms with Gasteiger partial charge in [0.25, 0.3) is 0 Å². The highest BCUT2D eigenvalue weighted by molar-refractivity contribution is 5.43. The second kappa shape index (κ2) is 5.58. The van der Waals surface area contributed by atoms with Gasteiger partial charge in [-0.05, 0) is 24.6 Å². The molecule has 0 saturated carbocycles. The summed E-state index contributed by atoms with van der Waals surface area (Å²) >= 11 is 0. The van der Waals surface area contributed by atoms with Crippen LogP contribution >= 0.6 is 0 Å². The maximum atomic E-state index is 8.65. The van der Waals surface area contributed by atoms with Crippen molar-refractivity contribution in [3.8, 4) is 11.5 Å². The Morgan fingerprint density at radius 2 is 2.13 bits per heavy atom. The van der Waals surface area contributed by atoms with Gasteiger partial charge in [-0.2, -0.15) is 0 Å². The Morgan fingerprint density at radius 1 is 1.40 bits per heavy atom. The van der Waals surface area contributed by atoms with Crippen molar-refractivity contribution in [3.05, 3.63) is 23.8 Å². The minimum atomic E-state index is -0.0363. The van der Waals surface area contributed by atoms with Gasteiger partial charge in [-0.15, -0.1) is 0 Å². The molecule has 4 heteroatoms. The van der Waals surface area contributed by atoms with Gasteiger partial charge in [-0.1, -0.05) is 6.07 Å². The Labute approximate surface area is 89.6 Å². The van der Waals surface area contributed by atoms with Crippen molar-refractivity contribution in [2.75, 3.05) is 20.3 Å². The zero-order valence-electron chi connectivity index (χ0n) is 9.06. The number of ether oxygens (including phenoxy) is 2. The van der Waals surface area contributed by atoms with Gasteiger partial charge < -0.3 is 20.3 Å². The average molecular weight is 211 g/mol. The van der Waals surface area contributed by atoms with Gasteiger partial charge in [0.05, 0.1) is 13.7 Å². The summed E-state index contributed by atoms with van der Waals surface area (Å²) in [7, 11) is 1.58. The summed E-state index contributed by atoms with van der Waals surface area (Å²) < 4.78 is 10.5. The molecular formula is C11H17NO3. The Balaban J connectivity index is 2.88. The molecule has 84 valence electrons. The number of nitrogens with two attached hydrogens (primary N) is 1. The van der Waals surface area contributed by atoms with Gasteiger partial charge in [-0.25, -0.2) is 0 Å². The molecule has 1 aromatic carbocycles. The molecule has 4 nitrogen and oxygen atoms in total. The lowest BCUT2D eigenvalue weighted by molar-refractivity contribution is 0.196. The normalized spacial score (nSPS) is 12.3. The Hall–Kier alpha value is -1.26. The highest BCUT2D eigenvalue weighted by Crippen LogP contribution is 2.29. The third-order valence-electron chi connectivity index (χ3n) is 2.06. The quantitative estimate of drug-likeness (QED) is 0.765. The molecule has 0 bridgehead atoms. The lowest BCUT2D eigenvalue weighted by Crippen LogP contribution is -2.07. The van der Waals surface area contributed by atoms with Crippen LogP contribution in [0.2, 0.25) is 0 Å². The molecule has 0 amide bonds. The summed E-state index contributed by atoms with van der Waals surface area (Å²) in [5.74, 6) is 1.26. The summed E-state index contributed by atoms with van der Waals surface area (Å²) in [5.41, 5.74) is 6.74. The zero-order valence-corrected chi connectivity index (χ0v) is 9.06. The molecule has 1 aromatic rings. The van der Waals surface area contributed by atoms with Gasteiger partial charge in [0.2, 0.25) is 0 Å². The predicted molar refractivity (Wildman–Crippen MR) is 58.2 cm³/mol. The number of aliphatic hydroxyl groups excluding tert-OH is 1. The molecule has 0 unspecified atom stereocenters. The van der Waals surface area contributed by atoms with Crippen molar-refractivity contribution in [2.45, 2.75) is 13.0 Å². The van der Waals surface area contributed by atoms with E-state index in [-0.39, 0.29) is 19.3 Å². The molecule has 0 aliphatic heterocycles. The van der Waals surface area contributed by atoms with Crippen LogP contribution in [0.25, 0.3) is 0 Å². The predicted octanol–water partition coefficient (Wildman–Crippen LogP) is 1.09. The van der Waals surface area contributed by atoms with E-state index in [4.69, 9.17) is 20.3 Å². The average Bonchev–Trinajstić information content (AvgIpc) is 2.25. The van der Waals surface area contributed by atoms with E-state index < -0.39 is 0 Å². The standard InChI is InChI=1S/C11H17NO3/c1-8(12)9-3-4-10(15-6-5-13)11(7-9)14-2/h3-4,7-8,13H,5-6,12H2,1-2H3/t8-/m1/s1. The van der Waals surface area contributed by atoms with Crippen molar-refractivity contribution >= 4 is 0 Å². The van der Waals surface area contributed by atoms with Crippen LogP contribution in [0.15, 0.2) is 18.2 Å². The van der Waals surface area contributed by atoms with Gasteiger partial charge >= 0.3 is 0 Å². The lowest BCUT2D eigenvalue weighted by atomic mass is 10.1. The zero-order chi connectivity index (χ0) is 11.3. The molecule has 1 rings (SSSR count). The van der Waals surface area contributed by atoms with Crippen molar-refractivity contribution in [1.29, 1.82) is 0 Å². The number of hydrogen-bond acceptors (Lipinski definition) is 4. The van der Waals surface area contributed by atoms with E-state index in [1.54, 1.807) is 13.2 Å². The summed E-state index contributed by atoms with van der Waals surface area (Å²) in [4.78, 5) is 0. The molecule has 0 spiro atoms. The molecule has 0 radical (unpaired) electrons. The first-order valence-corrected chi connectivity index (χ1v) is 4.86. The van der Waals surface area contributed by atoms with Crippen LogP contribution in [0.5, 0.6) is 11.5 Å². The van der Waals surface area contributed by atoms with E-state index >= 15 is 0 Å². The molecule has 1 atom stereocenters. The summed E-state index contributed by atoms with van der Waals surface area (Å²) in [6.45, 7) is 2.15. The molecular weight excluding hydrogens is 194 g/mol. The second-order valence-electron chi connectivity index (χ2n) is 3.27. The van der Waals surface area contributed by atoms with E-state index in [0.717, 1.165) is 5.56 Å². The molecule has 0 aliphatic carbocycles. The number of benzene rings is 1. The van der Waals surface area contributed by atoms with Gasteiger partial charge in [0.1, 0.15) is 6.61 Å². The van der Waals surface area contributed by atoms with Crippen LogP contribution in [-0.2, 0) is 0 Å². The molecule has 0 saturated heterocycles. The van der Waals surface area contributed by atoms with Crippen LogP contribution in [0, 0.1) is 0 Å². The van der Waals surface area contributed by atoms with Crippen LogP contribution in [0.1, 0.15) is 18.5 Å². The molecule has 0 heterocycles. The van der Waals surface area contributed by atoms with E-state index in [1.165, 1.54) is 0 Å². The fourth-order valence-corrected chi connectivity index (χ4v) is 1.24. The second-order valence-corrected chi connectivity index (χ2v) is 3.27. The van der Waals surface area contributed by atoms with Crippen molar-refractivity contribution in [3.63, 3.8) is 0 Å². The van der Waals surface area contributed by atoms with Crippen molar-refractivity contribution in [1.82, 2.24) is 0 Å². The highest BCUT2D eigenvalue weighted by Gasteiger charge is 2.07. The SMILES string of the molecule is COc1cc([C@@H](C)N)ccc1OCCO. The number of rotatable bonds is 5. The van der Waals surface area contributed by atoms with E-state index in [0.29, 0.717) is 11.5 Å². The first-order valence-electron chi connectivity index (χ1n) is 4.86. The van der Waals surface area contributed by atoms with E-state index in [2.05, 4.69) is 0 Å². The van der Waals surface area contributed by atoms with Gasteiger partial charge in [0.15, 0.2) is 11.5 Å². The molecule has 3 N–H and O–H groups in total. The minimum absolute atomic E-state index is 0.0157. The smallest absolute Gasteiger partial charge is 0.161 e. The lowest BCUT2D eigenvalue weighted by Gasteiger charge is -2.12. The number of hydrogen-bond donors (Lipinski definition) is 2. The topological polar surface area (TPSA) is 64.7 Å². The molecule has 0 fully saturated rings. The number of methoxy groups -OCH3 is 1. The summed E-state index contributed by atoms with van der Waals surface area (Å²) in [6, 6.07) is 5.50. The first kappa shape index (κ1) is 11.8. The van der Waals surface area contributed by atoms with Crippen LogP contribution < -0.4 is 15.2 Å². The third kappa shape index (κ3) is 3.11. The molecule has 0 aliphatic rings. The van der Waals surface area contributed by atoms with E-state index in [1.807, 2.05) is 19.1 Å². The maximum Gasteiger partial charge on any atom is 0.161 e. The fraction of sp³-hybridized carbons (Fsp3) is 0.455. The van der Waals surface area contributed by atoms with Crippen molar-refractivity contribution < 1.29 is 14.6 Å². The van der Waals surface area contributed by atoms with Gasteiger partial charge in [0, 0.05) is 6.04 Å². The highest BCUT2D eigenvalue weighted by atomic mass is 16.5. The van der Waals surface area contributed by atoms with Crippen LogP contribution in [0.4, 0.5) is 0 Å². The fourth-order valence-electron chi connectivity index (χ4n) is 1.24. The van der Waals surface area contributed by atoms with Crippen LogP contribution in [0.3, 0.4) is 0 Å². The molecule has 0 aromatic heterocycles. The third-order valence-corrected chi connectivity index (χ3v) is 2.06. The summed E-state index contributed by atoms with van der Waals surface area (Å²) in [5, 5.41) is 8.65. The monoisotopic (exact) mass is 211 g/mol. The first-order chi connectivity index (χ1) is 7.19. The summed E-state index contributed by atoms with van der Waals surface area (Å²) in [6.07, 6.45) is 0. The van der Waals surface area contributed by atoms with E-state index in [9.17, 15) is 0 Å². The van der Waals surface area contributed by atoms with Crippen LogP contribution in [-0.4, -0.2) is 25.4 Å². The van der Waals surface area contributed by atoms with Gasteiger partial charge in [-0.3, -0.25) is 0 Å². The minimum Gasteiger partial charge on any atom is -0.493 e. The number of aliphatic hydroxyl groups is 1.